The molecule has 1 fully saturated rings. The predicted octanol–water partition coefficient (Wildman–Crippen LogP) is 2.25. The van der Waals surface area contributed by atoms with Crippen molar-refractivity contribution in [2.45, 2.75) is 38.6 Å². The van der Waals surface area contributed by atoms with Gasteiger partial charge in [0, 0.05) is 18.5 Å². The third kappa shape index (κ3) is 4.30. The monoisotopic (exact) mass is 278 g/mol. The van der Waals surface area contributed by atoms with Crippen LogP contribution in [0.15, 0.2) is 24.3 Å². The SMILES string of the molecule is CC(CCc1cccc(F)c1)C(=O)NC(CN)C1CC1. The standard InChI is InChI=1S/C16H23FN2O/c1-11(5-6-12-3-2-4-14(17)9-12)16(20)19-15(10-18)13-7-8-13/h2-4,9,11,13,15H,5-8,10,18H2,1H3,(H,19,20). The van der Waals surface area contributed by atoms with E-state index >= 15 is 0 Å². The highest BCUT2D eigenvalue weighted by molar-refractivity contribution is 5.78. The number of nitrogens with one attached hydrogen (secondary N) is 1. The number of nitrogens with two attached hydrogens (primary N) is 1. The average molecular weight is 278 g/mol. The van der Waals surface area contributed by atoms with Gasteiger partial charge in [0.25, 0.3) is 0 Å². The van der Waals surface area contributed by atoms with Crippen LogP contribution in [0.3, 0.4) is 0 Å². The predicted molar refractivity (Wildman–Crippen MR) is 77.6 cm³/mol. The normalized spacial score (nSPS) is 17.6. The van der Waals surface area contributed by atoms with Gasteiger partial charge in [-0.1, -0.05) is 19.1 Å². The highest BCUT2D eigenvalue weighted by atomic mass is 19.1. The molecular formula is C16H23FN2O. The van der Waals surface area contributed by atoms with Crippen molar-refractivity contribution in [3.63, 3.8) is 0 Å². The van der Waals surface area contributed by atoms with E-state index in [0.29, 0.717) is 18.9 Å². The van der Waals surface area contributed by atoms with Crippen molar-refractivity contribution in [2.75, 3.05) is 6.54 Å². The van der Waals surface area contributed by atoms with Crippen LogP contribution in [0.4, 0.5) is 4.39 Å². The van der Waals surface area contributed by atoms with Crippen LogP contribution in [0, 0.1) is 17.7 Å². The summed E-state index contributed by atoms with van der Waals surface area (Å²) in [5.74, 6) is 0.325. The van der Waals surface area contributed by atoms with Gasteiger partial charge in [0.2, 0.25) is 5.91 Å². The van der Waals surface area contributed by atoms with Gasteiger partial charge >= 0.3 is 0 Å². The number of carbonyl (C=O) groups excluding carboxylic acids is 1. The first kappa shape index (κ1) is 15.0. The van der Waals surface area contributed by atoms with Crippen LogP contribution >= 0.6 is 0 Å². The minimum absolute atomic E-state index is 0.0590. The topological polar surface area (TPSA) is 55.1 Å². The number of hydrogen-bond acceptors (Lipinski definition) is 2. The Bertz CT molecular complexity index is 460. The maximum absolute atomic E-state index is 13.1. The molecule has 0 spiro atoms. The molecular weight excluding hydrogens is 255 g/mol. The Morgan fingerprint density at radius 3 is 2.85 bits per heavy atom. The van der Waals surface area contributed by atoms with Crippen LogP contribution in [0.5, 0.6) is 0 Å². The van der Waals surface area contributed by atoms with Crippen LogP contribution in [-0.4, -0.2) is 18.5 Å². The fourth-order valence-electron chi connectivity index (χ4n) is 2.40. The summed E-state index contributed by atoms with van der Waals surface area (Å²) < 4.78 is 13.1. The van der Waals surface area contributed by atoms with Gasteiger partial charge in [-0.15, -0.1) is 0 Å². The van der Waals surface area contributed by atoms with E-state index in [2.05, 4.69) is 5.32 Å². The summed E-state index contributed by atoms with van der Waals surface area (Å²) in [6, 6.07) is 6.67. The summed E-state index contributed by atoms with van der Waals surface area (Å²) in [6.45, 7) is 2.42. The van der Waals surface area contributed by atoms with Crippen molar-refractivity contribution >= 4 is 5.91 Å². The highest BCUT2D eigenvalue weighted by Crippen LogP contribution is 2.32. The van der Waals surface area contributed by atoms with Crippen molar-refractivity contribution in [3.8, 4) is 0 Å². The molecule has 2 atom stereocenters. The van der Waals surface area contributed by atoms with Gasteiger partial charge in [-0.05, 0) is 49.3 Å². The zero-order valence-corrected chi connectivity index (χ0v) is 11.9. The quantitative estimate of drug-likeness (QED) is 0.803. The van der Waals surface area contributed by atoms with Crippen molar-refractivity contribution in [2.24, 2.45) is 17.6 Å². The largest absolute Gasteiger partial charge is 0.352 e. The number of benzene rings is 1. The van der Waals surface area contributed by atoms with E-state index in [-0.39, 0.29) is 23.7 Å². The Balaban J connectivity index is 1.78. The lowest BCUT2D eigenvalue weighted by Crippen LogP contribution is -2.44. The molecule has 2 rings (SSSR count). The molecule has 1 aliphatic carbocycles. The van der Waals surface area contributed by atoms with Crippen LogP contribution in [0.25, 0.3) is 0 Å². The van der Waals surface area contributed by atoms with E-state index < -0.39 is 0 Å². The van der Waals surface area contributed by atoms with E-state index in [9.17, 15) is 9.18 Å². The summed E-state index contributed by atoms with van der Waals surface area (Å²) >= 11 is 0. The van der Waals surface area contributed by atoms with Crippen LogP contribution in [0.2, 0.25) is 0 Å². The fraction of sp³-hybridized carbons (Fsp3) is 0.562. The first-order valence-electron chi connectivity index (χ1n) is 7.35. The minimum atomic E-state index is -0.225. The van der Waals surface area contributed by atoms with E-state index in [0.717, 1.165) is 12.0 Å². The summed E-state index contributed by atoms with van der Waals surface area (Å²) in [5, 5.41) is 3.04. The molecule has 3 nitrogen and oxygen atoms in total. The Labute approximate surface area is 119 Å². The van der Waals surface area contributed by atoms with Gasteiger partial charge in [0.1, 0.15) is 5.82 Å². The molecule has 3 N–H and O–H groups in total. The highest BCUT2D eigenvalue weighted by Gasteiger charge is 2.31. The number of carbonyl (C=O) groups is 1. The van der Waals surface area contributed by atoms with E-state index in [4.69, 9.17) is 5.73 Å². The average Bonchev–Trinajstić information content (AvgIpc) is 3.26. The third-order valence-corrected chi connectivity index (χ3v) is 3.98. The number of aryl methyl sites for hydroxylation is 1. The van der Waals surface area contributed by atoms with Gasteiger partial charge < -0.3 is 11.1 Å². The molecule has 0 saturated heterocycles. The molecule has 0 aliphatic heterocycles. The number of hydrogen-bond donors (Lipinski definition) is 2. The van der Waals surface area contributed by atoms with Crippen LogP contribution in [-0.2, 0) is 11.2 Å². The number of halogens is 1. The lowest BCUT2D eigenvalue weighted by Gasteiger charge is -2.19. The Morgan fingerprint density at radius 2 is 2.25 bits per heavy atom. The second-order valence-corrected chi connectivity index (χ2v) is 5.76. The minimum Gasteiger partial charge on any atom is -0.352 e. The van der Waals surface area contributed by atoms with Crippen molar-refractivity contribution in [1.82, 2.24) is 5.32 Å². The molecule has 0 radical (unpaired) electrons. The van der Waals surface area contributed by atoms with Gasteiger partial charge in [-0.25, -0.2) is 4.39 Å². The molecule has 110 valence electrons. The molecule has 20 heavy (non-hydrogen) atoms. The van der Waals surface area contributed by atoms with Gasteiger partial charge in [0.15, 0.2) is 0 Å². The van der Waals surface area contributed by atoms with Crippen LogP contribution < -0.4 is 11.1 Å². The van der Waals surface area contributed by atoms with E-state index in [1.165, 1.54) is 25.0 Å². The third-order valence-electron chi connectivity index (χ3n) is 3.98. The first-order chi connectivity index (χ1) is 9.60. The molecule has 1 amide bonds. The molecule has 4 heteroatoms. The number of rotatable bonds is 7. The zero-order valence-electron chi connectivity index (χ0n) is 11.9. The maximum atomic E-state index is 13.1. The molecule has 2 unspecified atom stereocenters. The van der Waals surface area contributed by atoms with Crippen molar-refractivity contribution < 1.29 is 9.18 Å². The second kappa shape index (κ2) is 6.84. The van der Waals surface area contributed by atoms with Gasteiger partial charge in [-0.2, -0.15) is 0 Å². The molecule has 0 heterocycles. The fourth-order valence-corrected chi connectivity index (χ4v) is 2.40. The summed E-state index contributed by atoms with van der Waals surface area (Å²) in [6.07, 6.45) is 3.76. The molecule has 0 aromatic heterocycles. The smallest absolute Gasteiger partial charge is 0.223 e. The summed E-state index contributed by atoms with van der Waals surface area (Å²) in [7, 11) is 0. The lowest BCUT2D eigenvalue weighted by molar-refractivity contribution is -0.125. The van der Waals surface area contributed by atoms with Crippen molar-refractivity contribution in [3.05, 3.63) is 35.6 Å². The second-order valence-electron chi connectivity index (χ2n) is 5.76. The Kier molecular flexibility index (Phi) is 5.12. The molecule has 0 bridgehead atoms. The summed E-state index contributed by atoms with van der Waals surface area (Å²) in [5.41, 5.74) is 6.62. The molecule has 1 aliphatic rings. The number of amides is 1. The van der Waals surface area contributed by atoms with Gasteiger partial charge in [-0.3, -0.25) is 4.79 Å². The first-order valence-corrected chi connectivity index (χ1v) is 7.35. The van der Waals surface area contributed by atoms with Crippen LogP contribution in [0.1, 0.15) is 31.7 Å². The Morgan fingerprint density at radius 1 is 1.50 bits per heavy atom. The maximum Gasteiger partial charge on any atom is 0.223 e. The van der Waals surface area contributed by atoms with Crippen molar-refractivity contribution in [1.29, 1.82) is 0 Å². The molecule has 1 aromatic carbocycles. The summed E-state index contributed by atoms with van der Waals surface area (Å²) in [4.78, 5) is 12.1. The van der Waals surface area contributed by atoms with E-state index in [1.807, 2.05) is 13.0 Å². The molecule has 1 aromatic rings. The zero-order chi connectivity index (χ0) is 14.5. The Hall–Kier alpha value is -1.42. The lowest BCUT2D eigenvalue weighted by atomic mass is 9.99. The molecule has 1 saturated carbocycles. The van der Waals surface area contributed by atoms with Gasteiger partial charge in [0.05, 0.1) is 0 Å². The van der Waals surface area contributed by atoms with E-state index in [1.54, 1.807) is 6.07 Å².